The summed E-state index contributed by atoms with van der Waals surface area (Å²) in [6.07, 6.45) is 1.68. The molecule has 11 heteroatoms. The number of halogens is 1. The van der Waals surface area contributed by atoms with Gasteiger partial charge in [0.15, 0.2) is 27.8 Å². The molecule has 1 aromatic heterocycles. The van der Waals surface area contributed by atoms with E-state index in [2.05, 4.69) is 4.99 Å². The molecule has 0 saturated heterocycles. The average molecular weight is 661 g/mol. The smallest absolute Gasteiger partial charge is 0.338 e. The van der Waals surface area contributed by atoms with Crippen molar-refractivity contribution in [3.63, 3.8) is 0 Å². The number of ether oxygens (including phenoxy) is 5. The first-order chi connectivity index (χ1) is 22.6. The molecule has 0 aliphatic carbocycles. The topological polar surface area (TPSA) is 97.6 Å². The lowest BCUT2D eigenvalue weighted by atomic mass is 9.95. The summed E-state index contributed by atoms with van der Waals surface area (Å²) < 4.78 is 44.0. The fourth-order valence-electron chi connectivity index (χ4n) is 5.21. The number of benzene rings is 3. The Kier molecular flexibility index (Phi) is 10.5. The monoisotopic (exact) mass is 660 g/mol. The van der Waals surface area contributed by atoms with Gasteiger partial charge in [0.05, 0.1) is 48.3 Å². The van der Waals surface area contributed by atoms with Crippen LogP contribution in [0.15, 0.2) is 81.7 Å². The molecule has 246 valence electrons. The minimum atomic E-state index is -0.810. The van der Waals surface area contributed by atoms with E-state index in [1.165, 1.54) is 28.0 Å². The van der Waals surface area contributed by atoms with Crippen molar-refractivity contribution in [3.8, 4) is 23.0 Å². The predicted molar refractivity (Wildman–Crippen MR) is 177 cm³/mol. The van der Waals surface area contributed by atoms with Crippen LogP contribution in [0.4, 0.5) is 4.39 Å². The van der Waals surface area contributed by atoms with Crippen molar-refractivity contribution in [2.45, 2.75) is 53.4 Å². The summed E-state index contributed by atoms with van der Waals surface area (Å²) >= 11 is 1.22. The Morgan fingerprint density at radius 1 is 0.979 bits per heavy atom. The molecule has 1 aliphatic heterocycles. The summed E-state index contributed by atoms with van der Waals surface area (Å²) in [7, 11) is 1.54. The molecule has 5 rings (SSSR count). The van der Waals surface area contributed by atoms with E-state index in [1.807, 2.05) is 32.9 Å². The van der Waals surface area contributed by atoms with Crippen LogP contribution in [0.3, 0.4) is 0 Å². The first kappa shape index (κ1) is 33.5. The Balaban J connectivity index is 1.57. The predicted octanol–water partition coefficient (Wildman–Crippen LogP) is 5.71. The Bertz CT molecular complexity index is 1980. The third kappa shape index (κ3) is 7.41. The maximum atomic E-state index is 14.1. The lowest BCUT2D eigenvalue weighted by Crippen LogP contribution is -2.40. The Labute approximate surface area is 276 Å². The molecule has 3 aromatic carbocycles. The second-order valence-corrected chi connectivity index (χ2v) is 11.9. The van der Waals surface area contributed by atoms with Crippen molar-refractivity contribution in [3.05, 3.63) is 114 Å². The van der Waals surface area contributed by atoms with Crippen molar-refractivity contribution in [1.29, 1.82) is 0 Å². The van der Waals surface area contributed by atoms with E-state index in [1.54, 1.807) is 63.4 Å². The summed E-state index contributed by atoms with van der Waals surface area (Å²) in [4.78, 5) is 32.6. The van der Waals surface area contributed by atoms with Gasteiger partial charge in [0, 0.05) is 0 Å². The maximum Gasteiger partial charge on any atom is 0.338 e. The van der Waals surface area contributed by atoms with Crippen LogP contribution in [0, 0.1) is 5.82 Å². The van der Waals surface area contributed by atoms with Gasteiger partial charge in [-0.3, -0.25) is 9.36 Å². The molecular formula is C36H37FN2O7S. The standard InChI is InChI=1S/C36H37FN2O7S/c1-7-43-30-17-24(11-15-27(30)45-20-23-9-13-26(37)14-10-23)18-31-34(40)39-33(25-12-16-28(46-21(3)4)29(19-25)42-6)32(35(41)44-8-2)22(5)38-36(39)47-31/h9-19,21,33H,7-8,20H2,1-6H3/b31-18-/t33-/m1/s1. The van der Waals surface area contributed by atoms with E-state index < -0.39 is 12.0 Å². The second-order valence-electron chi connectivity index (χ2n) is 10.9. The molecule has 4 aromatic rings. The van der Waals surface area contributed by atoms with Gasteiger partial charge in [-0.25, -0.2) is 14.2 Å². The number of carbonyl (C=O) groups excluding carboxylic acids is 1. The molecule has 0 amide bonds. The first-order valence-electron chi connectivity index (χ1n) is 15.3. The van der Waals surface area contributed by atoms with Gasteiger partial charge in [0.2, 0.25) is 0 Å². The molecule has 0 saturated carbocycles. The Hall–Kier alpha value is -4.90. The van der Waals surface area contributed by atoms with Gasteiger partial charge in [-0.1, -0.05) is 35.6 Å². The van der Waals surface area contributed by atoms with Gasteiger partial charge >= 0.3 is 5.97 Å². The van der Waals surface area contributed by atoms with E-state index in [0.717, 1.165) is 5.56 Å². The highest BCUT2D eigenvalue weighted by atomic mass is 32.1. The number of fused-ring (bicyclic) bond motifs is 1. The highest BCUT2D eigenvalue weighted by Crippen LogP contribution is 2.36. The van der Waals surface area contributed by atoms with Gasteiger partial charge in [0.25, 0.3) is 5.56 Å². The summed E-state index contributed by atoms with van der Waals surface area (Å²) in [6, 6.07) is 16.1. The van der Waals surface area contributed by atoms with Crippen LogP contribution in [0.1, 0.15) is 57.4 Å². The lowest BCUT2D eigenvalue weighted by molar-refractivity contribution is -0.139. The van der Waals surface area contributed by atoms with Crippen LogP contribution in [0.25, 0.3) is 6.08 Å². The zero-order valence-electron chi connectivity index (χ0n) is 27.2. The van der Waals surface area contributed by atoms with Crippen LogP contribution in [-0.4, -0.2) is 37.0 Å². The van der Waals surface area contributed by atoms with Gasteiger partial charge in [-0.2, -0.15) is 0 Å². The quantitative estimate of drug-likeness (QED) is 0.180. The number of rotatable bonds is 12. The van der Waals surface area contributed by atoms with Crippen LogP contribution in [0.5, 0.6) is 23.0 Å². The number of nitrogens with zero attached hydrogens (tertiary/aromatic N) is 2. The SMILES string of the molecule is CCOC(=O)C1=C(C)N=c2s/c(=C\c3ccc(OCc4ccc(F)cc4)c(OCC)c3)c(=O)n2[C@@H]1c1ccc(OC(C)C)c(OC)c1. The average Bonchev–Trinajstić information content (AvgIpc) is 3.34. The lowest BCUT2D eigenvalue weighted by Gasteiger charge is -2.25. The van der Waals surface area contributed by atoms with Gasteiger partial charge < -0.3 is 23.7 Å². The highest BCUT2D eigenvalue weighted by molar-refractivity contribution is 7.07. The van der Waals surface area contributed by atoms with Crippen molar-refractivity contribution < 1.29 is 32.9 Å². The molecule has 47 heavy (non-hydrogen) atoms. The molecule has 0 N–H and O–H groups in total. The number of thiazole rings is 1. The molecule has 0 bridgehead atoms. The third-order valence-electron chi connectivity index (χ3n) is 7.26. The Morgan fingerprint density at radius 2 is 1.72 bits per heavy atom. The molecule has 1 aliphatic rings. The number of esters is 1. The highest BCUT2D eigenvalue weighted by Gasteiger charge is 2.34. The molecule has 0 radical (unpaired) electrons. The summed E-state index contributed by atoms with van der Waals surface area (Å²) in [5, 5.41) is 0. The van der Waals surface area contributed by atoms with E-state index >= 15 is 0 Å². The van der Waals surface area contributed by atoms with Crippen LogP contribution in [0.2, 0.25) is 0 Å². The molecule has 2 heterocycles. The first-order valence-corrected chi connectivity index (χ1v) is 16.1. The van der Waals surface area contributed by atoms with E-state index in [-0.39, 0.29) is 36.3 Å². The number of hydrogen-bond acceptors (Lipinski definition) is 9. The maximum absolute atomic E-state index is 14.1. The van der Waals surface area contributed by atoms with Crippen molar-refractivity contribution in [1.82, 2.24) is 4.57 Å². The molecule has 0 fully saturated rings. The molecule has 0 unspecified atom stereocenters. The van der Waals surface area contributed by atoms with Gasteiger partial charge in [0.1, 0.15) is 12.4 Å². The molecule has 9 nitrogen and oxygen atoms in total. The number of aromatic nitrogens is 1. The van der Waals surface area contributed by atoms with Crippen molar-refractivity contribution >= 4 is 23.4 Å². The number of methoxy groups -OCH3 is 1. The summed E-state index contributed by atoms with van der Waals surface area (Å²) in [6.45, 7) is 9.98. The third-order valence-corrected chi connectivity index (χ3v) is 8.24. The molecule has 1 atom stereocenters. The van der Waals surface area contributed by atoms with Crippen LogP contribution < -0.4 is 33.8 Å². The summed E-state index contributed by atoms with van der Waals surface area (Å²) in [5.41, 5.74) is 2.58. The van der Waals surface area contributed by atoms with Gasteiger partial charge in [-0.15, -0.1) is 0 Å². The zero-order valence-corrected chi connectivity index (χ0v) is 28.0. The fraction of sp³-hybridized carbons (Fsp3) is 0.306. The van der Waals surface area contributed by atoms with Crippen molar-refractivity contribution in [2.24, 2.45) is 4.99 Å². The fourth-order valence-corrected chi connectivity index (χ4v) is 6.25. The number of carbonyl (C=O) groups is 1. The summed E-state index contributed by atoms with van der Waals surface area (Å²) in [5.74, 6) is 1.18. The van der Waals surface area contributed by atoms with Crippen molar-refractivity contribution in [2.75, 3.05) is 20.3 Å². The largest absolute Gasteiger partial charge is 0.493 e. The zero-order chi connectivity index (χ0) is 33.7. The van der Waals surface area contributed by atoms with Crippen LogP contribution >= 0.6 is 11.3 Å². The second kappa shape index (κ2) is 14.7. The van der Waals surface area contributed by atoms with Crippen LogP contribution in [-0.2, 0) is 16.1 Å². The van der Waals surface area contributed by atoms with E-state index in [0.29, 0.717) is 55.8 Å². The Morgan fingerprint density at radius 3 is 2.40 bits per heavy atom. The van der Waals surface area contributed by atoms with E-state index in [4.69, 9.17) is 23.7 Å². The minimum absolute atomic E-state index is 0.0803. The molecule has 0 spiro atoms. The number of hydrogen-bond donors (Lipinski definition) is 0. The molecular weight excluding hydrogens is 623 g/mol. The minimum Gasteiger partial charge on any atom is -0.493 e. The van der Waals surface area contributed by atoms with Gasteiger partial charge in [-0.05, 0) is 93.8 Å². The normalized spacial score (nSPS) is 14.5. The number of allylic oxidation sites excluding steroid dienone is 1. The van der Waals surface area contributed by atoms with E-state index in [9.17, 15) is 14.0 Å².